The van der Waals surface area contributed by atoms with Crippen LogP contribution in [0.4, 0.5) is 32.0 Å². The number of fused-ring (bicyclic) bond motifs is 3. The van der Waals surface area contributed by atoms with Crippen LogP contribution in [0.2, 0.25) is 0 Å². The number of hydroxylamine groups is 2. The van der Waals surface area contributed by atoms with E-state index in [1.807, 2.05) is 0 Å². The molecular formula is C21H23F6N5O4. The van der Waals surface area contributed by atoms with Gasteiger partial charge in [0.15, 0.2) is 6.35 Å². The van der Waals surface area contributed by atoms with Crippen LogP contribution in [0.3, 0.4) is 0 Å². The Morgan fingerprint density at radius 3 is 2.78 bits per heavy atom. The summed E-state index contributed by atoms with van der Waals surface area (Å²) in [5, 5.41) is 18.6. The molecule has 36 heavy (non-hydrogen) atoms. The summed E-state index contributed by atoms with van der Waals surface area (Å²) in [6, 6.07) is 2.28. The van der Waals surface area contributed by atoms with Crippen LogP contribution >= 0.6 is 0 Å². The number of carbonyl (C=O) groups excluding carboxylic acids is 1. The van der Waals surface area contributed by atoms with Crippen molar-refractivity contribution in [1.82, 2.24) is 19.7 Å². The van der Waals surface area contributed by atoms with E-state index in [0.29, 0.717) is 29.8 Å². The first-order valence-electron chi connectivity index (χ1n) is 10.9. The second kappa shape index (κ2) is 10.2. The summed E-state index contributed by atoms with van der Waals surface area (Å²) in [6.07, 6.45) is -9.45. The number of nitrogens with zero attached hydrogens (tertiary/aromatic N) is 4. The summed E-state index contributed by atoms with van der Waals surface area (Å²) in [6.45, 7) is -0.639. The van der Waals surface area contributed by atoms with Crippen LogP contribution < -0.4 is 5.32 Å². The average molecular weight is 523 g/mol. The van der Waals surface area contributed by atoms with Crippen molar-refractivity contribution in [3.05, 3.63) is 46.5 Å². The number of carbonyl (C=O) groups is 1. The van der Waals surface area contributed by atoms with Crippen LogP contribution in [0.1, 0.15) is 27.3 Å². The van der Waals surface area contributed by atoms with Gasteiger partial charge in [0.05, 0.1) is 24.4 Å². The minimum absolute atomic E-state index is 0.0261. The largest absolute Gasteiger partial charge is 0.419 e. The molecule has 15 heteroatoms. The standard InChI is InChI=1S/C21H23F6N5O4/c1-30-19(33)18-13-8-31(20(34)28-11-2-3-15(22)14(6-11)21(25,26)27)5-4-16(13)29-32(18)7-12(36-30)9-35-10-17(23)24/h2-3,6,12,17,20,28,34H,4-5,7-10H2,1H3. The maximum absolute atomic E-state index is 13.6. The smallest absolute Gasteiger partial charge is 0.373 e. The van der Waals surface area contributed by atoms with Crippen LogP contribution in [0, 0.1) is 5.82 Å². The van der Waals surface area contributed by atoms with E-state index in [1.54, 1.807) is 0 Å². The van der Waals surface area contributed by atoms with Gasteiger partial charge in [0.2, 0.25) is 0 Å². The lowest BCUT2D eigenvalue weighted by Crippen LogP contribution is -2.44. The number of amides is 1. The second-order valence-corrected chi connectivity index (χ2v) is 8.35. The van der Waals surface area contributed by atoms with Crippen molar-refractivity contribution in [3.63, 3.8) is 0 Å². The molecule has 0 spiro atoms. The average Bonchev–Trinajstić information content (AvgIpc) is 3.10. The Bertz CT molecular complexity index is 1110. The van der Waals surface area contributed by atoms with Gasteiger partial charge < -0.3 is 15.2 Å². The summed E-state index contributed by atoms with van der Waals surface area (Å²) in [4.78, 5) is 19.9. The lowest BCUT2D eigenvalue weighted by molar-refractivity contribution is -0.169. The van der Waals surface area contributed by atoms with Gasteiger partial charge in [0.1, 0.15) is 24.2 Å². The summed E-state index contributed by atoms with van der Waals surface area (Å²) < 4.78 is 83.7. The molecule has 2 N–H and O–H groups in total. The zero-order valence-corrected chi connectivity index (χ0v) is 18.9. The van der Waals surface area contributed by atoms with Crippen molar-refractivity contribution in [1.29, 1.82) is 0 Å². The Hall–Kier alpha value is -2.88. The van der Waals surface area contributed by atoms with E-state index in [4.69, 9.17) is 9.57 Å². The number of aliphatic hydroxyl groups is 1. The quantitative estimate of drug-likeness (QED) is 0.426. The first kappa shape index (κ1) is 26.2. The highest BCUT2D eigenvalue weighted by Crippen LogP contribution is 2.33. The third-order valence-electron chi connectivity index (χ3n) is 5.76. The maximum atomic E-state index is 13.6. The van der Waals surface area contributed by atoms with Crippen LogP contribution in [0.25, 0.3) is 0 Å². The lowest BCUT2D eigenvalue weighted by atomic mass is 10.0. The number of halogens is 6. The lowest BCUT2D eigenvalue weighted by Gasteiger charge is -2.32. The number of hydrogen-bond donors (Lipinski definition) is 2. The number of aromatic nitrogens is 2. The Morgan fingerprint density at radius 1 is 1.33 bits per heavy atom. The molecule has 2 unspecified atom stereocenters. The van der Waals surface area contributed by atoms with Crippen LogP contribution in [-0.2, 0) is 35.3 Å². The summed E-state index contributed by atoms with van der Waals surface area (Å²) in [7, 11) is 1.36. The fourth-order valence-corrected chi connectivity index (χ4v) is 4.12. The van der Waals surface area contributed by atoms with E-state index >= 15 is 0 Å². The molecule has 2 aliphatic heterocycles. The minimum atomic E-state index is -4.90. The van der Waals surface area contributed by atoms with E-state index in [9.17, 15) is 36.2 Å². The van der Waals surface area contributed by atoms with E-state index in [0.717, 1.165) is 11.1 Å². The second-order valence-electron chi connectivity index (χ2n) is 8.35. The monoisotopic (exact) mass is 523 g/mol. The number of benzene rings is 1. The number of alkyl halides is 5. The third kappa shape index (κ3) is 5.58. The van der Waals surface area contributed by atoms with Gasteiger partial charge in [-0.25, -0.2) is 18.2 Å². The van der Waals surface area contributed by atoms with E-state index in [2.05, 4.69) is 10.4 Å². The zero-order chi connectivity index (χ0) is 26.2. The molecule has 4 rings (SSSR count). The summed E-state index contributed by atoms with van der Waals surface area (Å²) in [5.74, 6) is -1.98. The molecule has 0 aliphatic carbocycles. The highest BCUT2D eigenvalue weighted by atomic mass is 19.4. The molecule has 0 saturated carbocycles. The van der Waals surface area contributed by atoms with Gasteiger partial charge in [0, 0.05) is 37.8 Å². The highest BCUT2D eigenvalue weighted by Gasteiger charge is 2.37. The number of rotatable bonds is 7. The fraction of sp³-hybridized carbons (Fsp3) is 0.524. The van der Waals surface area contributed by atoms with Crippen molar-refractivity contribution < 1.29 is 45.8 Å². The van der Waals surface area contributed by atoms with Gasteiger partial charge in [0.25, 0.3) is 12.3 Å². The van der Waals surface area contributed by atoms with E-state index < -0.39 is 49.0 Å². The van der Waals surface area contributed by atoms with Crippen molar-refractivity contribution >= 4 is 11.6 Å². The van der Waals surface area contributed by atoms with Gasteiger partial charge in [-0.15, -0.1) is 0 Å². The van der Waals surface area contributed by atoms with Crippen molar-refractivity contribution in [2.75, 3.05) is 32.1 Å². The number of nitrogens with one attached hydrogen (secondary N) is 1. The molecule has 0 fully saturated rings. The molecule has 1 aromatic carbocycles. The molecule has 0 radical (unpaired) electrons. The molecule has 9 nitrogen and oxygen atoms in total. The van der Waals surface area contributed by atoms with E-state index in [1.165, 1.54) is 16.6 Å². The first-order valence-corrected chi connectivity index (χ1v) is 10.9. The van der Waals surface area contributed by atoms with Crippen LogP contribution in [0.15, 0.2) is 18.2 Å². The Balaban J connectivity index is 1.50. The summed E-state index contributed by atoms with van der Waals surface area (Å²) in [5.41, 5.74) is -0.353. The van der Waals surface area contributed by atoms with Gasteiger partial charge in [-0.05, 0) is 18.2 Å². The van der Waals surface area contributed by atoms with Crippen molar-refractivity contribution in [2.24, 2.45) is 0 Å². The molecule has 2 aliphatic rings. The minimum Gasteiger partial charge on any atom is -0.373 e. The Morgan fingerprint density at radius 2 is 2.08 bits per heavy atom. The van der Waals surface area contributed by atoms with E-state index in [-0.39, 0.29) is 37.6 Å². The topological polar surface area (TPSA) is 92.1 Å². The Labute approximate surface area is 201 Å². The molecular weight excluding hydrogens is 500 g/mol. The maximum Gasteiger partial charge on any atom is 0.419 e. The molecule has 3 heterocycles. The van der Waals surface area contributed by atoms with Gasteiger partial charge in [-0.3, -0.25) is 19.2 Å². The molecule has 0 saturated heterocycles. The predicted octanol–water partition coefficient (Wildman–Crippen LogP) is 2.45. The zero-order valence-electron chi connectivity index (χ0n) is 18.9. The molecule has 2 aromatic rings. The van der Waals surface area contributed by atoms with Crippen LogP contribution in [0.5, 0.6) is 0 Å². The van der Waals surface area contributed by atoms with Gasteiger partial charge in [-0.1, -0.05) is 0 Å². The molecule has 1 aromatic heterocycles. The van der Waals surface area contributed by atoms with Gasteiger partial charge in [-0.2, -0.15) is 18.3 Å². The van der Waals surface area contributed by atoms with Crippen LogP contribution in [-0.4, -0.2) is 76.4 Å². The highest BCUT2D eigenvalue weighted by molar-refractivity contribution is 5.93. The number of ether oxygens (including phenoxy) is 1. The normalized spacial score (nSPS) is 19.8. The Kier molecular flexibility index (Phi) is 7.45. The molecule has 1 amide bonds. The van der Waals surface area contributed by atoms with Crippen molar-refractivity contribution in [3.8, 4) is 0 Å². The third-order valence-corrected chi connectivity index (χ3v) is 5.76. The number of anilines is 1. The molecule has 2 atom stereocenters. The first-order chi connectivity index (χ1) is 16.9. The fourth-order valence-electron chi connectivity index (χ4n) is 4.12. The number of hydrogen-bond acceptors (Lipinski definition) is 7. The predicted molar refractivity (Wildman–Crippen MR) is 111 cm³/mol. The summed E-state index contributed by atoms with van der Waals surface area (Å²) >= 11 is 0. The molecule has 0 bridgehead atoms. The SMILES string of the molecule is CN1OC(COCC(F)F)Cn2nc3c(c2C1=O)CN(C(O)Nc1ccc(F)c(C(F)(F)F)c1)CC3. The number of aliphatic hydroxyl groups excluding tert-OH is 1. The molecule has 198 valence electrons. The van der Waals surface area contributed by atoms with Crippen molar-refractivity contribution in [2.45, 2.75) is 44.6 Å². The van der Waals surface area contributed by atoms with Gasteiger partial charge >= 0.3 is 6.18 Å².